The summed E-state index contributed by atoms with van der Waals surface area (Å²) >= 11 is 14.3. The van der Waals surface area contributed by atoms with E-state index in [4.69, 9.17) is 42.1 Å². The van der Waals surface area contributed by atoms with Crippen molar-refractivity contribution in [3.63, 3.8) is 0 Å². The van der Waals surface area contributed by atoms with Crippen molar-refractivity contribution in [3.8, 4) is 57.1 Å². The summed E-state index contributed by atoms with van der Waals surface area (Å²) in [6, 6.07) is 12.8. The van der Waals surface area contributed by atoms with E-state index in [1.165, 1.54) is 42.5 Å². The van der Waals surface area contributed by atoms with Gasteiger partial charge in [0.25, 0.3) is 0 Å². The number of carbonyl (C=O) groups excluding carboxylic acids is 9. The first-order valence-electron chi connectivity index (χ1n) is 38.9. The summed E-state index contributed by atoms with van der Waals surface area (Å²) in [6.07, 6.45) is -10.3. The Labute approximate surface area is 672 Å². The average molecular weight is 1630 g/mol. The number of ether oxygens (including phenoxy) is 4. The number of urea groups is 1. The Morgan fingerprint density at radius 1 is 0.652 bits per heavy atom. The van der Waals surface area contributed by atoms with E-state index in [1.54, 1.807) is 31.2 Å². The number of halogens is 2. The van der Waals surface area contributed by atoms with Crippen LogP contribution in [-0.4, -0.2) is 162 Å². The van der Waals surface area contributed by atoms with Gasteiger partial charge in [-0.25, -0.2) is 4.79 Å². The first kappa shape index (κ1) is 83.2. The lowest BCUT2D eigenvalue weighted by molar-refractivity contribution is -0.277. The fourth-order valence-corrected chi connectivity index (χ4v) is 18.2. The molecule has 14 atom stereocenters. The van der Waals surface area contributed by atoms with Crippen LogP contribution >= 0.6 is 23.2 Å². The number of benzene rings is 6. The Morgan fingerprint density at radius 2 is 1.30 bits per heavy atom. The molecule has 31 heteroatoms. The number of fused-ring (bicyclic) bond motifs is 15. The molecule has 15 bridgehead atoms. The van der Waals surface area contributed by atoms with Crippen LogP contribution in [0.15, 0.2) is 103 Å². The quantitative estimate of drug-likeness (QED) is 0.0360. The summed E-state index contributed by atoms with van der Waals surface area (Å²) in [6.45, 7) is 5.32. The molecule has 0 unspecified atom stereocenters. The zero-order valence-corrected chi connectivity index (χ0v) is 65.1. The van der Waals surface area contributed by atoms with Gasteiger partial charge in [0.1, 0.15) is 89.5 Å². The number of Topliss-reactive ketones (excluding diaryl/α,β-unsaturated/α-hetero) is 3. The lowest BCUT2D eigenvalue weighted by Crippen LogP contribution is -2.60. The van der Waals surface area contributed by atoms with E-state index in [9.17, 15) is 60.3 Å². The third-order valence-corrected chi connectivity index (χ3v) is 24.1. The fraction of sp³-hybridized carbons (Fsp3) is 0.464. The lowest BCUT2D eigenvalue weighted by Gasteiger charge is -2.54. The van der Waals surface area contributed by atoms with Crippen molar-refractivity contribution >= 4 is 81.8 Å². The van der Waals surface area contributed by atoms with Gasteiger partial charge < -0.3 is 96.8 Å². The van der Waals surface area contributed by atoms with Gasteiger partial charge in [0.15, 0.2) is 28.8 Å². The van der Waals surface area contributed by atoms with Gasteiger partial charge in [-0.05, 0) is 207 Å². The Hall–Kier alpha value is -9.79. The van der Waals surface area contributed by atoms with Crippen LogP contribution in [0.25, 0.3) is 11.1 Å². The molecule has 10 aliphatic rings. The number of nitrogens with one attached hydrogen (secondary N) is 7. The molecule has 29 nitrogen and oxygen atoms in total. The van der Waals surface area contributed by atoms with Gasteiger partial charge in [-0.2, -0.15) is 0 Å². The van der Waals surface area contributed by atoms with Gasteiger partial charge in [-0.3, -0.25) is 43.7 Å². The number of phenols is 3. The van der Waals surface area contributed by atoms with Crippen LogP contribution in [0.2, 0.25) is 10.0 Å². The first-order valence-corrected chi connectivity index (χ1v) is 39.7. The van der Waals surface area contributed by atoms with E-state index in [-0.39, 0.29) is 103 Å². The molecule has 5 fully saturated rings. The molecule has 16 rings (SSSR count). The fourth-order valence-electron chi connectivity index (χ4n) is 17.8. The number of phenolic OH excluding ortho intramolecular Hbond substituents is 3. The molecule has 6 aliphatic heterocycles. The standard InChI is InChI=1S/C84H95Cl2N7O22/c1-5-41(19-37(2)3)79(107)92-71-59(98)28-48(31-67(101)89-84(111)88-49-13-8-38(9-14-49)7-6-18-87-4)80(108)90-69-47-29-64(112-62-16-11-43(73(71)102)26-55(62)85)78(115-83-77(106)76(105)75(104)66(36-94)114-83)65(30-47)113-63-17-12-44(27-56(63)86)74(103)72-82(110)91-70(61(100)34-51-45-21-39-20-40(23-45)24-46(51)22-39)54-32-50(95)33-58(97)68(54)53-25-42(10-15-57(53)96)52(35-60(69)99)81(109)93-72/h8-17,25-27,29-30,32-33,37,39-41,45-46,48,51-52,66,69-77,83,87,94-97,102-106H,5-7,18-24,28,31,34-36H2,1-4H3,(H,90,108)(H,91,110)(H,92,107)(H,93,109)(H2,88,89,101,111)/t39?,40?,41-,45?,46?,48+,51?,52-,66-,69-,70+,71+,72+,73-,74-,75-,76+,77-,83+/m1/s1. The minimum absolute atomic E-state index is 0.0357. The van der Waals surface area contributed by atoms with Gasteiger partial charge >= 0.3 is 6.03 Å². The van der Waals surface area contributed by atoms with Crippen molar-refractivity contribution in [2.75, 3.05) is 25.5 Å². The van der Waals surface area contributed by atoms with Crippen LogP contribution in [0, 0.1) is 47.3 Å². The summed E-state index contributed by atoms with van der Waals surface area (Å²) in [4.78, 5) is 138. The number of anilines is 1. The summed E-state index contributed by atoms with van der Waals surface area (Å²) in [7, 11) is 1.83. The number of rotatable bonds is 18. The number of aryl methyl sites for hydroxylation is 1. The lowest BCUT2D eigenvalue weighted by atomic mass is 9.51. The molecule has 612 valence electrons. The van der Waals surface area contributed by atoms with Gasteiger partial charge in [-0.1, -0.05) is 74.3 Å². The minimum Gasteiger partial charge on any atom is -0.508 e. The second-order valence-electron chi connectivity index (χ2n) is 31.9. The third-order valence-electron chi connectivity index (χ3n) is 23.5. The molecule has 6 aromatic rings. The number of aliphatic hydroxyl groups excluding tert-OH is 6. The molecule has 7 amide bonds. The van der Waals surface area contributed by atoms with Crippen molar-refractivity contribution in [1.29, 1.82) is 0 Å². The number of imide groups is 1. The van der Waals surface area contributed by atoms with E-state index in [2.05, 4.69) is 37.2 Å². The van der Waals surface area contributed by atoms with Crippen LogP contribution < -0.4 is 51.4 Å². The third kappa shape index (κ3) is 18.3. The molecule has 4 saturated carbocycles. The van der Waals surface area contributed by atoms with Crippen molar-refractivity contribution in [2.24, 2.45) is 47.3 Å². The molecule has 4 aliphatic carbocycles. The Bertz CT molecular complexity index is 4710. The summed E-state index contributed by atoms with van der Waals surface area (Å²) in [5.41, 5.74) is -0.368. The molecule has 115 heavy (non-hydrogen) atoms. The predicted octanol–water partition coefficient (Wildman–Crippen LogP) is 8.24. The Balaban J connectivity index is 0.986. The Morgan fingerprint density at radius 3 is 1.91 bits per heavy atom. The van der Waals surface area contributed by atoms with Crippen molar-refractivity contribution in [3.05, 3.63) is 147 Å². The topological polar surface area (TPSA) is 457 Å². The zero-order valence-electron chi connectivity index (χ0n) is 63.6. The molecular weight excluding hydrogens is 1530 g/mol. The Kier molecular flexibility index (Phi) is 25.6. The largest absolute Gasteiger partial charge is 0.508 e. The van der Waals surface area contributed by atoms with E-state index in [1.807, 2.05) is 20.9 Å². The number of ketones is 3. The highest BCUT2D eigenvalue weighted by atomic mass is 35.5. The zero-order chi connectivity index (χ0) is 82.1. The van der Waals surface area contributed by atoms with E-state index >= 15 is 28.8 Å². The molecule has 6 aromatic carbocycles. The highest BCUT2D eigenvalue weighted by Gasteiger charge is 2.51. The van der Waals surface area contributed by atoms with Gasteiger partial charge in [0.05, 0.1) is 28.5 Å². The van der Waals surface area contributed by atoms with Crippen LogP contribution in [-0.2, 0) is 49.5 Å². The number of aliphatic hydroxyl groups is 6. The van der Waals surface area contributed by atoms with Crippen LogP contribution in [0.1, 0.15) is 161 Å². The SMILES string of the molecule is CC[C@H](CC(C)C)C(=O)N[C@H]1C(=O)C[C@@H](CC(=O)NC(=O)Nc2ccc(CCCNC)cc2)C(=O)N[C@H]2C(=O)C[C@H]3C(=O)N[C@H](C(=O)N[C@H](C(=O)CC4C5CC6CC(C5)CC4C6)c4cc(O)cc(O)c4-c4cc3ccc4O)[C@H](O)c3ccc(c(Cl)c3)Oc3cc2cc(c3O[C@@H]2O[C@H](CO)[C@@H](O)[C@H](O)[C@H]2O)Oc2ccc(cc2Cl)[C@H]1O. The van der Waals surface area contributed by atoms with Crippen molar-refractivity contribution in [1.82, 2.24) is 31.9 Å². The van der Waals surface area contributed by atoms with E-state index < -0.39 is 198 Å². The van der Waals surface area contributed by atoms with Gasteiger partial charge in [0.2, 0.25) is 41.6 Å². The average Bonchev–Trinajstić information content (AvgIpc) is 0.760. The van der Waals surface area contributed by atoms with Crippen LogP contribution in [0.4, 0.5) is 10.5 Å². The number of amides is 7. The van der Waals surface area contributed by atoms with E-state index in [0.29, 0.717) is 24.7 Å². The molecular formula is C84H95Cl2N7O22. The number of hydrogen-bond donors (Lipinski definition) is 16. The highest BCUT2D eigenvalue weighted by molar-refractivity contribution is 6.32. The van der Waals surface area contributed by atoms with Crippen molar-refractivity contribution in [2.45, 2.75) is 177 Å². The molecule has 1 saturated heterocycles. The molecule has 16 N–H and O–H groups in total. The maximum atomic E-state index is 16.5. The second-order valence-corrected chi connectivity index (χ2v) is 32.7. The smallest absolute Gasteiger partial charge is 0.325 e. The molecule has 6 heterocycles. The number of carbonyl (C=O) groups is 9. The first-order chi connectivity index (χ1) is 54.9. The number of hydrogen-bond acceptors (Lipinski definition) is 23. The number of aromatic hydroxyl groups is 3. The highest BCUT2D eigenvalue weighted by Crippen LogP contribution is 2.58. The molecule has 0 aromatic heterocycles. The van der Waals surface area contributed by atoms with Gasteiger partial charge in [-0.15, -0.1) is 0 Å². The monoisotopic (exact) mass is 1620 g/mol. The normalized spacial score (nSPS) is 28.1. The predicted molar refractivity (Wildman–Crippen MR) is 416 cm³/mol. The molecule has 0 spiro atoms. The maximum absolute atomic E-state index is 16.5. The second kappa shape index (κ2) is 35.3. The van der Waals surface area contributed by atoms with Crippen LogP contribution in [0.3, 0.4) is 0 Å². The van der Waals surface area contributed by atoms with Crippen LogP contribution in [0.5, 0.6) is 46.0 Å². The molecule has 0 radical (unpaired) electrons. The minimum atomic E-state index is -2.22. The maximum Gasteiger partial charge on any atom is 0.325 e. The summed E-state index contributed by atoms with van der Waals surface area (Å²) in [5.74, 6) is -15.9. The summed E-state index contributed by atoms with van der Waals surface area (Å²) < 4.78 is 25.6. The summed E-state index contributed by atoms with van der Waals surface area (Å²) in [5, 5.41) is 123. The van der Waals surface area contributed by atoms with Crippen molar-refractivity contribution < 1.29 is 108 Å². The van der Waals surface area contributed by atoms with E-state index in [0.717, 1.165) is 87.0 Å². The van der Waals surface area contributed by atoms with Gasteiger partial charge in [0, 0.05) is 54.5 Å².